The molecule has 0 saturated heterocycles. The number of aliphatic hydroxyl groups is 3. The van der Waals surface area contributed by atoms with Crippen LogP contribution in [-0.4, -0.2) is 15.3 Å². The number of hydrogen-bond donors (Lipinski definition) is 3. The van der Waals surface area contributed by atoms with Crippen molar-refractivity contribution >= 4 is 11.6 Å². The first-order valence-corrected chi connectivity index (χ1v) is 4.57. The van der Waals surface area contributed by atoms with Gasteiger partial charge >= 0.3 is 5.97 Å². The zero-order chi connectivity index (χ0) is 11.1. The monoisotopic (exact) mass is 216 g/mol. The van der Waals surface area contributed by atoms with Gasteiger partial charge in [-0.15, -0.1) is 0 Å². The number of aryl methyl sites for hydroxylation is 1. The third-order valence-electron chi connectivity index (χ3n) is 2.38. The normalized spacial score (nSPS) is 11.9. The van der Waals surface area contributed by atoms with Gasteiger partial charge < -0.3 is 15.3 Å². The highest BCUT2D eigenvalue weighted by Crippen LogP contribution is 2.30. The Bertz CT molecular complexity index is 367. The highest BCUT2D eigenvalue weighted by molar-refractivity contribution is 6.32. The van der Waals surface area contributed by atoms with Gasteiger partial charge in [-0.2, -0.15) is 0 Å². The van der Waals surface area contributed by atoms with Crippen LogP contribution < -0.4 is 0 Å². The Morgan fingerprint density at radius 3 is 2.00 bits per heavy atom. The molecule has 0 radical (unpaired) electrons. The molecule has 14 heavy (non-hydrogen) atoms. The summed E-state index contributed by atoms with van der Waals surface area (Å²) in [5.41, 5.74) is 2.17. The molecule has 0 spiro atoms. The third kappa shape index (κ3) is 1.91. The molecule has 1 aromatic rings. The van der Waals surface area contributed by atoms with Crippen LogP contribution >= 0.6 is 11.6 Å². The lowest BCUT2D eigenvalue weighted by atomic mass is 9.99. The Balaban J connectivity index is 3.49. The van der Waals surface area contributed by atoms with Crippen LogP contribution in [0.3, 0.4) is 0 Å². The van der Waals surface area contributed by atoms with E-state index < -0.39 is 5.97 Å². The van der Waals surface area contributed by atoms with Crippen LogP contribution in [0.15, 0.2) is 6.07 Å². The highest BCUT2D eigenvalue weighted by Gasteiger charge is 2.26. The first kappa shape index (κ1) is 11.5. The molecule has 0 atom stereocenters. The summed E-state index contributed by atoms with van der Waals surface area (Å²) in [6, 6.07) is 1.51. The van der Waals surface area contributed by atoms with Crippen molar-refractivity contribution in [2.75, 3.05) is 0 Å². The van der Waals surface area contributed by atoms with Crippen LogP contribution in [0.2, 0.25) is 5.02 Å². The maximum atomic E-state index is 9.06. The van der Waals surface area contributed by atoms with E-state index in [1.54, 1.807) is 13.8 Å². The zero-order valence-electron chi connectivity index (χ0n) is 8.30. The van der Waals surface area contributed by atoms with E-state index in [4.69, 9.17) is 26.9 Å². The van der Waals surface area contributed by atoms with Gasteiger partial charge in [0, 0.05) is 10.6 Å². The van der Waals surface area contributed by atoms with Gasteiger partial charge in [0.25, 0.3) is 0 Å². The summed E-state index contributed by atoms with van der Waals surface area (Å²) in [6.45, 7) is 5.25. The topological polar surface area (TPSA) is 60.7 Å². The summed E-state index contributed by atoms with van der Waals surface area (Å²) < 4.78 is 0. The fourth-order valence-electron chi connectivity index (χ4n) is 1.35. The fourth-order valence-corrected chi connectivity index (χ4v) is 1.60. The Labute approximate surface area is 87.6 Å². The molecule has 0 aliphatic rings. The molecule has 0 heterocycles. The van der Waals surface area contributed by atoms with Crippen LogP contribution in [0, 0.1) is 20.8 Å². The third-order valence-corrected chi connectivity index (χ3v) is 2.94. The molecule has 1 rings (SSSR count). The van der Waals surface area contributed by atoms with Crippen molar-refractivity contribution in [1.29, 1.82) is 0 Å². The quantitative estimate of drug-likeness (QED) is 0.621. The minimum absolute atomic E-state index is 0.0191. The SMILES string of the molecule is Cc1cc(C(O)(O)O)c(C)c(Cl)c1C. The van der Waals surface area contributed by atoms with Crippen molar-refractivity contribution in [3.8, 4) is 0 Å². The summed E-state index contributed by atoms with van der Waals surface area (Å²) in [6.07, 6.45) is 0. The molecular weight excluding hydrogens is 204 g/mol. The van der Waals surface area contributed by atoms with E-state index in [0.29, 0.717) is 10.6 Å². The molecule has 3 N–H and O–H groups in total. The van der Waals surface area contributed by atoms with Gasteiger partial charge in [0.15, 0.2) is 0 Å². The second-order valence-electron chi connectivity index (χ2n) is 3.44. The lowest BCUT2D eigenvalue weighted by Gasteiger charge is -2.19. The first-order chi connectivity index (χ1) is 6.25. The number of benzene rings is 1. The molecule has 0 amide bonds. The predicted octanol–water partition coefficient (Wildman–Crippen LogP) is 1.35. The average Bonchev–Trinajstić information content (AvgIpc) is 2.06. The van der Waals surface area contributed by atoms with Crippen molar-refractivity contribution in [2.45, 2.75) is 26.7 Å². The Hall–Kier alpha value is -0.610. The Morgan fingerprint density at radius 2 is 1.57 bits per heavy atom. The van der Waals surface area contributed by atoms with Crippen LogP contribution in [0.1, 0.15) is 22.3 Å². The van der Waals surface area contributed by atoms with Crippen molar-refractivity contribution in [3.05, 3.63) is 33.3 Å². The van der Waals surface area contributed by atoms with Gasteiger partial charge in [-0.1, -0.05) is 11.6 Å². The summed E-state index contributed by atoms with van der Waals surface area (Å²) in [5.74, 6) is -2.83. The van der Waals surface area contributed by atoms with Gasteiger partial charge in [0.1, 0.15) is 0 Å². The van der Waals surface area contributed by atoms with Crippen LogP contribution in [0.5, 0.6) is 0 Å². The van der Waals surface area contributed by atoms with Gasteiger partial charge in [0.2, 0.25) is 0 Å². The highest BCUT2D eigenvalue weighted by atomic mass is 35.5. The summed E-state index contributed by atoms with van der Waals surface area (Å²) >= 11 is 5.96. The first-order valence-electron chi connectivity index (χ1n) is 4.19. The molecule has 1 aromatic carbocycles. The van der Waals surface area contributed by atoms with Gasteiger partial charge in [-0.25, -0.2) is 0 Å². The van der Waals surface area contributed by atoms with Crippen LogP contribution in [0.4, 0.5) is 0 Å². The Morgan fingerprint density at radius 1 is 1.07 bits per heavy atom. The largest absolute Gasteiger partial charge is 0.340 e. The summed E-state index contributed by atoms with van der Waals surface area (Å²) in [4.78, 5) is 0. The van der Waals surface area contributed by atoms with Crippen molar-refractivity contribution in [1.82, 2.24) is 0 Å². The van der Waals surface area contributed by atoms with E-state index >= 15 is 0 Å². The fraction of sp³-hybridized carbons (Fsp3) is 0.400. The lowest BCUT2D eigenvalue weighted by molar-refractivity contribution is -0.324. The molecule has 0 aliphatic carbocycles. The molecule has 4 heteroatoms. The summed E-state index contributed by atoms with van der Waals surface area (Å²) in [5, 5.41) is 27.6. The van der Waals surface area contributed by atoms with Gasteiger partial charge in [-0.3, -0.25) is 0 Å². The lowest BCUT2D eigenvalue weighted by Crippen LogP contribution is -2.25. The Kier molecular flexibility index (Phi) is 2.88. The van der Waals surface area contributed by atoms with Crippen molar-refractivity contribution < 1.29 is 15.3 Å². The van der Waals surface area contributed by atoms with Crippen molar-refractivity contribution in [2.24, 2.45) is 0 Å². The maximum Gasteiger partial charge on any atom is 0.304 e. The minimum Gasteiger partial charge on any atom is -0.340 e. The molecule has 78 valence electrons. The standard InChI is InChI=1S/C10H13ClO3/c1-5-4-8(10(12,13)14)7(3)9(11)6(5)2/h4,12-14H,1-3H3. The molecule has 0 aliphatic heterocycles. The van der Waals surface area contributed by atoms with E-state index in [1.807, 2.05) is 6.92 Å². The second-order valence-corrected chi connectivity index (χ2v) is 3.82. The smallest absolute Gasteiger partial charge is 0.304 e. The van der Waals surface area contributed by atoms with E-state index in [2.05, 4.69) is 0 Å². The van der Waals surface area contributed by atoms with E-state index in [-0.39, 0.29) is 5.56 Å². The molecule has 3 nitrogen and oxygen atoms in total. The van der Waals surface area contributed by atoms with Crippen LogP contribution in [-0.2, 0) is 5.97 Å². The number of rotatable bonds is 1. The minimum atomic E-state index is -2.83. The zero-order valence-corrected chi connectivity index (χ0v) is 9.05. The second kappa shape index (κ2) is 3.51. The van der Waals surface area contributed by atoms with Gasteiger partial charge in [0.05, 0.1) is 0 Å². The van der Waals surface area contributed by atoms with E-state index in [1.165, 1.54) is 6.07 Å². The van der Waals surface area contributed by atoms with Crippen LogP contribution in [0.25, 0.3) is 0 Å². The molecule has 0 fully saturated rings. The van der Waals surface area contributed by atoms with E-state index in [0.717, 1.165) is 11.1 Å². The maximum absolute atomic E-state index is 9.06. The van der Waals surface area contributed by atoms with Crippen molar-refractivity contribution in [3.63, 3.8) is 0 Å². The number of hydrogen-bond acceptors (Lipinski definition) is 3. The van der Waals surface area contributed by atoms with E-state index in [9.17, 15) is 0 Å². The predicted molar refractivity (Wildman–Crippen MR) is 54.0 cm³/mol. The molecular formula is C10H13ClO3. The molecule has 0 unspecified atom stereocenters. The molecule has 0 saturated carbocycles. The number of halogens is 1. The molecule has 0 bridgehead atoms. The average molecular weight is 217 g/mol. The van der Waals surface area contributed by atoms with Gasteiger partial charge in [-0.05, 0) is 43.5 Å². The molecule has 0 aromatic heterocycles. The summed E-state index contributed by atoms with van der Waals surface area (Å²) in [7, 11) is 0.